The average molecular weight is 205 g/mol. The third-order valence-electron chi connectivity index (χ3n) is 2.54. The van der Waals surface area contributed by atoms with Gasteiger partial charge in [0.05, 0.1) is 18.8 Å². The molecule has 0 aliphatic heterocycles. The van der Waals surface area contributed by atoms with Gasteiger partial charge in [-0.25, -0.2) is 0 Å². The van der Waals surface area contributed by atoms with Gasteiger partial charge in [0, 0.05) is 13.1 Å². The van der Waals surface area contributed by atoms with Crippen molar-refractivity contribution in [1.82, 2.24) is 5.32 Å². The molecule has 14 heavy (non-hydrogen) atoms. The highest BCUT2D eigenvalue weighted by molar-refractivity contribution is 4.69. The van der Waals surface area contributed by atoms with Crippen LogP contribution < -0.4 is 5.32 Å². The third kappa shape index (κ3) is 5.54. The maximum absolute atomic E-state index is 9.69. The number of aliphatic hydroxyl groups excluding tert-OH is 3. The van der Waals surface area contributed by atoms with Gasteiger partial charge < -0.3 is 20.6 Å². The van der Waals surface area contributed by atoms with Crippen molar-refractivity contribution in [3.05, 3.63) is 0 Å². The Morgan fingerprint density at radius 2 is 1.64 bits per heavy atom. The molecular weight excluding hydrogens is 182 g/mol. The molecule has 2 atom stereocenters. The lowest BCUT2D eigenvalue weighted by Gasteiger charge is -2.20. The van der Waals surface area contributed by atoms with Gasteiger partial charge in [-0.2, -0.15) is 0 Å². The molecule has 2 unspecified atom stereocenters. The van der Waals surface area contributed by atoms with Crippen molar-refractivity contribution in [3.63, 3.8) is 0 Å². The highest BCUT2D eigenvalue weighted by Crippen LogP contribution is 2.11. The molecule has 0 radical (unpaired) electrons. The summed E-state index contributed by atoms with van der Waals surface area (Å²) in [4.78, 5) is 0. The van der Waals surface area contributed by atoms with E-state index in [2.05, 4.69) is 19.2 Å². The van der Waals surface area contributed by atoms with Crippen LogP contribution in [0.5, 0.6) is 0 Å². The topological polar surface area (TPSA) is 72.7 Å². The molecule has 0 saturated carbocycles. The zero-order valence-electron chi connectivity index (χ0n) is 9.11. The number of hydrogen-bond donors (Lipinski definition) is 4. The molecule has 4 N–H and O–H groups in total. The minimum Gasteiger partial charge on any atom is -0.394 e. The van der Waals surface area contributed by atoms with Gasteiger partial charge in [-0.15, -0.1) is 0 Å². The average Bonchev–Trinajstić information content (AvgIpc) is 2.19. The van der Waals surface area contributed by atoms with E-state index in [1.165, 1.54) is 0 Å². The summed E-state index contributed by atoms with van der Waals surface area (Å²) < 4.78 is 0. The summed E-state index contributed by atoms with van der Waals surface area (Å²) in [6.45, 7) is 4.67. The molecular formula is C10H23NO3. The molecule has 0 bridgehead atoms. The molecule has 0 fully saturated rings. The SMILES string of the molecule is CCC(CC)C(O)CNCC(O)CO. The predicted octanol–water partition coefficient (Wildman–Crippen LogP) is -0.274. The standard InChI is InChI=1S/C10H23NO3/c1-3-8(4-2)10(14)6-11-5-9(13)7-12/h8-14H,3-7H2,1-2H3. The molecule has 0 heterocycles. The molecule has 0 saturated heterocycles. The normalized spacial score (nSPS) is 15.9. The van der Waals surface area contributed by atoms with Crippen LogP contribution in [0.3, 0.4) is 0 Å². The van der Waals surface area contributed by atoms with Crippen molar-refractivity contribution < 1.29 is 15.3 Å². The Morgan fingerprint density at radius 1 is 1.07 bits per heavy atom. The summed E-state index contributed by atoms with van der Waals surface area (Å²) >= 11 is 0. The van der Waals surface area contributed by atoms with Crippen LogP contribution in [0.2, 0.25) is 0 Å². The van der Waals surface area contributed by atoms with Crippen LogP contribution in [0.1, 0.15) is 26.7 Å². The summed E-state index contributed by atoms with van der Waals surface area (Å²) in [7, 11) is 0. The zero-order chi connectivity index (χ0) is 11.0. The van der Waals surface area contributed by atoms with E-state index < -0.39 is 6.10 Å². The molecule has 0 aromatic carbocycles. The molecule has 0 rings (SSSR count). The molecule has 0 aromatic rings. The fourth-order valence-electron chi connectivity index (χ4n) is 1.46. The first-order chi connectivity index (χ1) is 6.65. The number of aliphatic hydroxyl groups is 3. The van der Waals surface area contributed by atoms with Crippen LogP contribution in [0.4, 0.5) is 0 Å². The number of hydrogen-bond acceptors (Lipinski definition) is 4. The second-order valence-electron chi connectivity index (χ2n) is 3.64. The maximum Gasteiger partial charge on any atom is 0.0894 e. The van der Waals surface area contributed by atoms with E-state index in [1.54, 1.807) is 0 Å². The van der Waals surface area contributed by atoms with E-state index in [0.29, 0.717) is 19.0 Å². The minimum atomic E-state index is -0.732. The Hall–Kier alpha value is -0.160. The van der Waals surface area contributed by atoms with E-state index in [9.17, 15) is 5.11 Å². The second-order valence-corrected chi connectivity index (χ2v) is 3.64. The summed E-state index contributed by atoms with van der Waals surface area (Å²) in [5.74, 6) is 0.314. The van der Waals surface area contributed by atoms with Crippen molar-refractivity contribution in [1.29, 1.82) is 0 Å². The van der Waals surface area contributed by atoms with Gasteiger partial charge in [0.2, 0.25) is 0 Å². The third-order valence-corrected chi connectivity index (χ3v) is 2.54. The van der Waals surface area contributed by atoms with Crippen LogP contribution in [-0.2, 0) is 0 Å². The Balaban J connectivity index is 3.56. The lowest BCUT2D eigenvalue weighted by Crippen LogP contribution is -2.37. The Kier molecular flexibility index (Phi) is 8.08. The van der Waals surface area contributed by atoms with Crippen molar-refractivity contribution in [2.24, 2.45) is 5.92 Å². The monoisotopic (exact) mass is 205 g/mol. The number of nitrogens with one attached hydrogen (secondary N) is 1. The van der Waals surface area contributed by atoms with E-state index in [1.807, 2.05) is 0 Å². The first-order valence-corrected chi connectivity index (χ1v) is 5.33. The smallest absolute Gasteiger partial charge is 0.0894 e. The lowest BCUT2D eigenvalue weighted by molar-refractivity contribution is 0.0763. The van der Waals surface area contributed by atoms with E-state index in [-0.39, 0.29) is 12.7 Å². The van der Waals surface area contributed by atoms with Crippen LogP contribution in [0, 0.1) is 5.92 Å². The molecule has 4 nitrogen and oxygen atoms in total. The van der Waals surface area contributed by atoms with Gasteiger partial charge in [0.25, 0.3) is 0 Å². The predicted molar refractivity (Wildman–Crippen MR) is 56.0 cm³/mol. The Labute approximate surface area is 86.0 Å². The van der Waals surface area contributed by atoms with Crippen LogP contribution >= 0.6 is 0 Å². The summed E-state index contributed by atoms with van der Waals surface area (Å²) in [5, 5.41) is 30.2. The van der Waals surface area contributed by atoms with Crippen LogP contribution in [0.25, 0.3) is 0 Å². The highest BCUT2D eigenvalue weighted by atomic mass is 16.3. The first-order valence-electron chi connectivity index (χ1n) is 5.33. The maximum atomic E-state index is 9.69. The fraction of sp³-hybridized carbons (Fsp3) is 1.00. The minimum absolute atomic E-state index is 0.242. The molecule has 86 valence electrons. The van der Waals surface area contributed by atoms with E-state index in [4.69, 9.17) is 10.2 Å². The number of rotatable bonds is 8. The van der Waals surface area contributed by atoms with Crippen molar-refractivity contribution in [2.75, 3.05) is 19.7 Å². The van der Waals surface area contributed by atoms with Crippen molar-refractivity contribution in [2.45, 2.75) is 38.9 Å². The molecule has 0 aliphatic carbocycles. The van der Waals surface area contributed by atoms with Gasteiger partial charge in [0.1, 0.15) is 0 Å². The summed E-state index contributed by atoms with van der Waals surface area (Å²) in [6.07, 6.45) is 0.823. The van der Waals surface area contributed by atoms with E-state index >= 15 is 0 Å². The van der Waals surface area contributed by atoms with Crippen molar-refractivity contribution in [3.8, 4) is 0 Å². The zero-order valence-corrected chi connectivity index (χ0v) is 9.11. The summed E-state index contributed by atoms with van der Waals surface area (Å²) in [5.41, 5.74) is 0. The lowest BCUT2D eigenvalue weighted by atomic mass is 9.96. The molecule has 0 aliphatic rings. The van der Waals surface area contributed by atoms with Crippen LogP contribution in [-0.4, -0.2) is 47.2 Å². The Morgan fingerprint density at radius 3 is 2.07 bits per heavy atom. The van der Waals surface area contributed by atoms with Crippen molar-refractivity contribution >= 4 is 0 Å². The van der Waals surface area contributed by atoms with Gasteiger partial charge in [0.15, 0.2) is 0 Å². The van der Waals surface area contributed by atoms with Gasteiger partial charge >= 0.3 is 0 Å². The van der Waals surface area contributed by atoms with Gasteiger partial charge in [-0.3, -0.25) is 0 Å². The molecule has 4 heteroatoms. The fourth-order valence-corrected chi connectivity index (χ4v) is 1.46. The molecule has 0 spiro atoms. The van der Waals surface area contributed by atoms with E-state index in [0.717, 1.165) is 12.8 Å². The molecule has 0 aromatic heterocycles. The summed E-state index contributed by atoms with van der Waals surface area (Å²) in [6, 6.07) is 0. The quantitative estimate of drug-likeness (QED) is 0.440. The van der Waals surface area contributed by atoms with Crippen LogP contribution in [0.15, 0.2) is 0 Å². The second kappa shape index (κ2) is 8.17. The Bertz CT molecular complexity index is 129. The van der Waals surface area contributed by atoms with Gasteiger partial charge in [-0.1, -0.05) is 26.7 Å². The highest BCUT2D eigenvalue weighted by Gasteiger charge is 2.14. The first kappa shape index (κ1) is 13.8. The largest absolute Gasteiger partial charge is 0.394 e. The molecule has 0 amide bonds. The van der Waals surface area contributed by atoms with Gasteiger partial charge in [-0.05, 0) is 5.92 Å².